The van der Waals surface area contributed by atoms with E-state index in [1.807, 2.05) is 18.2 Å². The van der Waals surface area contributed by atoms with E-state index in [0.29, 0.717) is 25.1 Å². The molecule has 1 fully saturated rings. The first kappa shape index (κ1) is 29.3. The van der Waals surface area contributed by atoms with Gasteiger partial charge in [0.15, 0.2) is 17.5 Å². The average Bonchev–Trinajstić information content (AvgIpc) is 3.31. The first-order valence-electron chi connectivity index (χ1n) is 11.7. The fourth-order valence-corrected chi connectivity index (χ4v) is 3.16. The number of hydrogen-bond donors (Lipinski definition) is 2. The van der Waals surface area contributed by atoms with Gasteiger partial charge in [-0.3, -0.25) is 4.79 Å². The Morgan fingerprint density at radius 1 is 1.21 bits per heavy atom. The Morgan fingerprint density at radius 3 is 2.52 bits per heavy atom. The molecule has 1 aliphatic heterocycles. The van der Waals surface area contributed by atoms with Crippen molar-refractivity contribution in [1.29, 1.82) is 0 Å². The summed E-state index contributed by atoms with van der Waals surface area (Å²) >= 11 is 0. The van der Waals surface area contributed by atoms with Gasteiger partial charge in [0.25, 0.3) is 0 Å². The lowest BCUT2D eigenvalue weighted by Crippen LogP contribution is -2.42. The Kier molecular flexibility index (Phi) is 14.2. The fraction of sp³-hybridized carbons (Fsp3) is 0.667. The number of ether oxygens (including phenoxy) is 3. The fourth-order valence-electron chi connectivity index (χ4n) is 3.16. The van der Waals surface area contributed by atoms with Gasteiger partial charge in [0.1, 0.15) is 6.54 Å². The van der Waals surface area contributed by atoms with E-state index in [0.717, 1.165) is 56.1 Å². The van der Waals surface area contributed by atoms with Gasteiger partial charge in [-0.05, 0) is 43.9 Å². The molecule has 2 unspecified atom stereocenters. The summed E-state index contributed by atoms with van der Waals surface area (Å²) in [6, 6.07) is 5.98. The van der Waals surface area contributed by atoms with Crippen molar-refractivity contribution >= 4 is 35.8 Å². The first-order valence-corrected chi connectivity index (χ1v) is 11.7. The quantitative estimate of drug-likeness (QED) is 0.225. The van der Waals surface area contributed by atoms with Gasteiger partial charge < -0.3 is 29.7 Å². The summed E-state index contributed by atoms with van der Waals surface area (Å²) in [4.78, 5) is 18.1. The molecule has 33 heavy (non-hydrogen) atoms. The molecule has 188 valence electrons. The van der Waals surface area contributed by atoms with Gasteiger partial charge in [-0.15, -0.1) is 24.0 Å². The normalized spacial score (nSPS) is 16.5. The molecule has 8 nitrogen and oxygen atoms in total. The van der Waals surface area contributed by atoms with Crippen LogP contribution in [0.4, 0.5) is 0 Å². The highest BCUT2D eigenvalue weighted by Crippen LogP contribution is 2.31. The lowest BCUT2D eigenvalue weighted by atomic mass is 10.1. The summed E-state index contributed by atoms with van der Waals surface area (Å²) in [6.07, 6.45) is 2.90. The van der Waals surface area contributed by atoms with Gasteiger partial charge in [-0.25, -0.2) is 4.99 Å². The lowest BCUT2D eigenvalue weighted by molar-refractivity contribution is -0.127. The largest absolute Gasteiger partial charge is 0.490 e. The zero-order chi connectivity index (χ0) is 23.3. The van der Waals surface area contributed by atoms with Crippen molar-refractivity contribution in [1.82, 2.24) is 15.5 Å². The molecular formula is C24H41IN4O4. The molecule has 0 spiro atoms. The van der Waals surface area contributed by atoms with E-state index in [9.17, 15) is 4.79 Å². The van der Waals surface area contributed by atoms with E-state index in [-0.39, 0.29) is 42.5 Å². The number of carbonyl (C=O) groups is 1. The van der Waals surface area contributed by atoms with Gasteiger partial charge in [-0.1, -0.05) is 19.9 Å². The Labute approximate surface area is 215 Å². The molecule has 0 saturated carbocycles. The van der Waals surface area contributed by atoms with Crippen molar-refractivity contribution < 1.29 is 19.0 Å². The van der Waals surface area contributed by atoms with E-state index in [4.69, 9.17) is 14.2 Å². The predicted molar refractivity (Wildman–Crippen MR) is 143 cm³/mol. The van der Waals surface area contributed by atoms with Crippen LogP contribution in [0, 0.1) is 5.92 Å². The number of rotatable bonds is 12. The summed E-state index contributed by atoms with van der Waals surface area (Å²) < 4.78 is 17.3. The summed E-state index contributed by atoms with van der Waals surface area (Å²) in [6.45, 7) is 9.92. The van der Waals surface area contributed by atoms with Gasteiger partial charge in [-0.2, -0.15) is 0 Å². The number of aliphatic imine (C=N–C) groups is 1. The highest BCUT2D eigenvalue weighted by molar-refractivity contribution is 14.0. The number of amides is 1. The van der Waals surface area contributed by atoms with Crippen molar-refractivity contribution in [3.63, 3.8) is 0 Å². The van der Waals surface area contributed by atoms with E-state index < -0.39 is 0 Å². The molecule has 0 bridgehead atoms. The highest BCUT2D eigenvalue weighted by atomic mass is 127. The molecule has 1 heterocycles. The molecule has 1 saturated heterocycles. The molecule has 1 amide bonds. The molecule has 2 rings (SSSR count). The third-order valence-electron chi connectivity index (χ3n) is 5.20. The van der Waals surface area contributed by atoms with Crippen molar-refractivity contribution in [2.75, 3.05) is 53.6 Å². The Morgan fingerprint density at radius 2 is 1.91 bits per heavy atom. The van der Waals surface area contributed by atoms with Gasteiger partial charge in [0.05, 0.1) is 25.9 Å². The smallest absolute Gasteiger partial charge is 0.243 e. The number of nitrogens with one attached hydrogen (secondary N) is 2. The van der Waals surface area contributed by atoms with Crippen LogP contribution in [0.1, 0.15) is 51.6 Å². The number of carbonyl (C=O) groups excluding carboxylic acids is 1. The number of benzene rings is 1. The average molecular weight is 577 g/mol. The Bertz CT molecular complexity index is 739. The molecule has 1 aromatic rings. The van der Waals surface area contributed by atoms with Crippen LogP contribution in [-0.2, 0) is 9.53 Å². The maximum absolute atomic E-state index is 12.0. The SMILES string of the molecule is CCCOc1ccc(C(C)NC(=NCC(=O)N(C)C)NCC2CCOC2)cc1OCCC.I. The summed E-state index contributed by atoms with van der Waals surface area (Å²) in [5, 5.41) is 6.81. The monoisotopic (exact) mass is 576 g/mol. The number of halogens is 1. The second-order valence-electron chi connectivity index (χ2n) is 8.33. The van der Waals surface area contributed by atoms with E-state index in [2.05, 4.69) is 36.4 Å². The van der Waals surface area contributed by atoms with Crippen molar-refractivity contribution in [2.24, 2.45) is 10.9 Å². The maximum atomic E-state index is 12.0. The second kappa shape index (κ2) is 16.0. The third-order valence-corrected chi connectivity index (χ3v) is 5.20. The summed E-state index contributed by atoms with van der Waals surface area (Å²) in [5.74, 6) is 2.54. The maximum Gasteiger partial charge on any atom is 0.243 e. The van der Waals surface area contributed by atoms with Crippen LogP contribution < -0.4 is 20.1 Å². The minimum atomic E-state index is -0.0457. The van der Waals surface area contributed by atoms with E-state index in [1.165, 1.54) is 0 Å². The summed E-state index contributed by atoms with van der Waals surface area (Å²) in [7, 11) is 3.47. The van der Waals surface area contributed by atoms with Crippen LogP contribution in [0.3, 0.4) is 0 Å². The summed E-state index contributed by atoms with van der Waals surface area (Å²) in [5.41, 5.74) is 1.05. The lowest BCUT2D eigenvalue weighted by Gasteiger charge is -2.21. The molecule has 1 aromatic carbocycles. The first-order chi connectivity index (χ1) is 15.4. The van der Waals surface area contributed by atoms with Crippen LogP contribution >= 0.6 is 24.0 Å². The van der Waals surface area contributed by atoms with Crippen LogP contribution in [-0.4, -0.2) is 70.4 Å². The Hall–Kier alpha value is -1.75. The number of likely N-dealkylation sites (N-methyl/N-ethyl adjacent to an activating group) is 1. The molecule has 9 heteroatoms. The predicted octanol–water partition coefficient (Wildman–Crippen LogP) is 3.60. The van der Waals surface area contributed by atoms with E-state index in [1.54, 1.807) is 19.0 Å². The molecule has 2 N–H and O–H groups in total. The molecule has 1 aliphatic rings. The van der Waals surface area contributed by atoms with Gasteiger partial charge in [0, 0.05) is 33.2 Å². The minimum Gasteiger partial charge on any atom is -0.490 e. The topological polar surface area (TPSA) is 84.4 Å². The Balaban J connectivity index is 0.00000544. The van der Waals surface area contributed by atoms with Crippen LogP contribution in [0.15, 0.2) is 23.2 Å². The molecule has 0 aromatic heterocycles. The molecule has 2 atom stereocenters. The van der Waals surface area contributed by atoms with Crippen molar-refractivity contribution in [3.8, 4) is 11.5 Å². The number of guanidine groups is 1. The van der Waals surface area contributed by atoms with Gasteiger partial charge in [0.2, 0.25) is 5.91 Å². The zero-order valence-electron chi connectivity index (χ0n) is 20.7. The minimum absolute atomic E-state index is 0. The van der Waals surface area contributed by atoms with E-state index >= 15 is 0 Å². The van der Waals surface area contributed by atoms with Crippen LogP contribution in [0.25, 0.3) is 0 Å². The van der Waals surface area contributed by atoms with Crippen LogP contribution in [0.2, 0.25) is 0 Å². The third kappa shape index (κ3) is 10.4. The van der Waals surface area contributed by atoms with Crippen LogP contribution in [0.5, 0.6) is 11.5 Å². The zero-order valence-corrected chi connectivity index (χ0v) is 23.0. The van der Waals surface area contributed by atoms with Crippen molar-refractivity contribution in [2.45, 2.75) is 46.1 Å². The molecular weight excluding hydrogens is 535 g/mol. The molecule has 0 radical (unpaired) electrons. The highest BCUT2D eigenvalue weighted by Gasteiger charge is 2.18. The molecule has 0 aliphatic carbocycles. The second-order valence-corrected chi connectivity index (χ2v) is 8.33. The van der Waals surface area contributed by atoms with Crippen molar-refractivity contribution in [3.05, 3.63) is 23.8 Å². The van der Waals surface area contributed by atoms with Gasteiger partial charge >= 0.3 is 0 Å². The number of hydrogen-bond acceptors (Lipinski definition) is 5. The number of nitrogens with zero attached hydrogens (tertiary/aromatic N) is 2. The standard InChI is InChI=1S/C24H40N4O4.HI/c1-6-11-31-21-9-8-20(14-22(21)32-12-7-2)18(3)27-24(26-16-23(29)28(4)5)25-15-19-10-13-30-17-19;/h8-9,14,18-19H,6-7,10-13,15-17H2,1-5H3,(H2,25,26,27);1H.